The van der Waals surface area contributed by atoms with E-state index in [1.807, 2.05) is 38.1 Å². The summed E-state index contributed by atoms with van der Waals surface area (Å²) in [6, 6.07) is 7.54. The zero-order valence-corrected chi connectivity index (χ0v) is 12.1. The number of carboxylic acids is 1. The second-order valence-electron chi connectivity index (χ2n) is 4.67. The lowest BCUT2D eigenvalue weighted by Crippen LogP contribution is -2.10. The van der Waals surface area contributed by atoms with Gasteiger partial charge in [0.15, 0.2) is 0 Å². The molecule has 1 aromatic carbocycles. The van der Waals surface area contributed by atoms with Crippen LogP contribution in [-0.2, 0) is 17.6 Å². The van der Waals surface area contributed by atoms with Gasteiger partial charge < -0.3 is 5.11 Å². The average Bonchev–Trinajstić information content (AvgIpc) is 2.33. The normalized spacial score (nSPS) is 10.6. The van der Waals surface area contributed by atoms with Crippen LogP contribution in [0.3, 0.4) is 0 Å². The van der Waals surface area contributed by atoms with Crippen molar-refractivity contribution in [2.45, 2.75) is 26.7 Å². The van der Waals surface area contributed by atoms with Gasteiger partial charge in [0.2, 0.25) is 0 Å². The van der Waals surface area contributed by atoms with Crippen LogP contribution < -0.4 is 0 Å². The Morgan fingerprint density at radius 1 is 1.25 bits per heavy atom. The molecule has 5 heteroatoms. The molecule has 4 nitrogen and oxygen atoms in total. The molecule has 2 rings (SSSR count). The number of rotatable bonds is 4. The summed E-state index contributed by atoms with van der Waals surface area (Å²) in [5, 5.41) is 9.56. The minimum Gasteiger partial charge on any atom is -0.481 e. The standard InChI is InChI=1S/C15H15ClN2O2/c1-9-13(8-15(19)20)10(2)18-14(17-9)7-11-4-3-5-12(16)6-11/h3-6H,7-8H2,1-2H3,(H,19,20). The Bertz CT molecular complexity index is 633. The zero-order valence-electron chi connectivity index (χ0n) is 11.4. The monoisotopic (exact) mass is 290 g/mol. The van der Waals surface area contributed by atoms with Crippen LogP contribution in [0.5, 0.6) is 0 Å². The van der Waals surface area contributed by atoms with Crippen molar-refractivity contribution in [3.8, 4) is 0 Å². The van der Waals surface area contributed by atoms with Gasteiger partial charge in [0, 0.05) is 28.4 Å². The average molecular weight is 291 g/mol. The minimum atomic E-state index is -0.873. The maximum atomic E-state index is 10.8. The maximum absolute atomic E-state index is 10.8. The fraction of sp³-hybridized carbons (Fsp3) is 0.267. The molecule has 0 aliphatic carbocycles. The van der Waals surface area contributed by atoms with Crippen molar-refractivity contribution in [1.82, 2.24) is 9.97 Å². The van der Waals surface area contributed by atoms with Gasteiger partial charge in [-0.15, -0.1) is 0 Å². The van der Waals surface area contributed by atoms with E-state index in [9.17, 15) is 4.79 Å². The third-order valence-electron chi connectivity index (χ3n) is 3.05. The molecular formula is C15H15ClN2O2. The number of aliphatic carboxylic acids is 1. The van der Waals surface area contributed by atoms with Gasteiger partial charge in [-0.05, 0) is 31.5 Å². The topological polar surface area (TPSA) is 63.1 Å². The molecule has 1 aromatic heterocycles. The summed E-state index contributed by atoms with van der Waals surface area (Å²) in [4.78, 5) is 19.6. The van der Waals surface area contributed by atoms with Crippen molar-refractivity contribution in [3.05, 3.63) is 57.6 Å². The van der Waals surface area contributed by atoms with Crippen LogP contribution in [0.4, 0.5) is 0 Å². The first-order chi connectivity index (χ1) is 9.45. The lowest BCUT2D eigenvalue weighted by atomic mass is 10.1. The highest BCUT2D eigenvalue weighted by Gasteiger charge is 2.12. The Morgan fingerprint density at radius 2 is 1.90 bits per heavy atom. The second-order valence-corrected chi connectivity index (χ2v) is 5.10. The molecule has 1 heterocycles. The number of aromatic nitrogens is 2. The van der Waals surface area contributed by atoms with E-state index in [1.54, 1.807) is 0 Å². The summed E-state index contributed by atoms with van der Waals surface area (Å²) in [6.07, 6.45) is 0.532. The summed E-state index contributed by atoms with van der Waals surface area (Å²) < 4.78 is 0. The van der Waals surface area contributed by atoms with E-state index in [2.05, 4.69) is 9.97 Å². The van der Waals surface area contributed by atoms with Gasteiger partial charge in [0.1, 0.15) is 5.82 Å². The van der Waals surface area contributed by atoms with E-state index in [1.165, 1.54) is 0 Å². The molecule has 1 N–H and O–H groups in total. The molecule has 20 heavy (non-hydrogen) atoms. The van der Waals surface area contributed by atoms with Crippen LogP contribution in [0.15, 0.2) is 24.3 Å². The SMILES string of the molecule is Cc1nc(Cc2cccc(Cl)c2)nc(C)c1CC(=O)O. The van der Waals surface area contributed by atoms with E-state index >= 15 is 0 Å². The van der Waals surface area contributed by atoms with Gasteiger partial charge in [0.05, 0.1) is 6.42 Å². The molecule has 0 spiro atoms. The van der Waals surface area contributed by atoms with Crippen LogP contribution in [0.1, 0.15) is 28.3 Å². The number of benzene rings is 1. The summed E-state index contributed by atoms with van der Waals surface area (Å²) in [5.41, 5.74) is 3.16. The largest absolute Gasteiger partial charge is 0.481 e. The number of carbonyl (C=O) groups is 1. The summed E-state index contributed by atoms with van der Waals surface area (Å²) in [5.74, 6) is -0.196. The predicted octanol–water partition coefficient (Wildman–Crippen LogP) is 2.96. The van der Waals surface area contributed by atoms with E-state index in [-0.39, 0.29) is 6.42 Å². The molecule has 0 atom stereocenters. The first-order valence-electron chi connectivity index (χ1n) is 6.25. The van der Waals surface area contributed by atoms with Gasteiger partial charge in [0.25, 0.3) is 0 Å². The summed E-state index contributed by atoms with van der Waals surface area (Å²) >= 11 is 5.95. The van der Waals surface area contributed by atoms with Gasteiger partial charge >= 0.3 is 5.97 Å². The van der Waals surface area contributed by atoms with Gasteiger partial charge in [-0.2, -0.15) is 0 Å². The molecule has 0 saturated carbocycles. The molecule has 0 aliphatic heterocycles. The van der Waals surface area contributed by atoms with Crippen molar-refractivity contribution in [2.24, 2.45) is 0 Å². The molecule has 0 saturated heterocycles. The van der Waals surface area contributed by atoms with Gasteiger partial charge in [-0.25, -0.2) is 9.97 Å². The quantitative estimate of drug-likeness (QED) is 0.940. The van der Waals surface area contributed by atoms with Crippen molar-refractivity contribution < 1.29 is 9.90 Å². The predicted molar refractivity (Wildman–Crippen MR) is 77.1 cm³/mol. The first-order valence-corrected chi connectivity index (χ1v) is 6.62. The molecule has 0 unspecified atom stereocenters. The third kappa shape index (κ3) is 3.54. The molecule has 0 amide bonds. The number of aryl methyl sites for hydroxylation is 2. The molecule has 0 radical (unpaired) electrons. The number of carboxylic acid groups (broad SMARTS) is 1. The molecule has 2 aromatic rings. The van der Waals surface area contributed by atoms with E-state index in [0.29, 0.717) is 22.8 Å². The third-order valence-corrected chi connectivity index (χ3v) is 3.28. The lowest BCUT2D eigenvalue weighted by Gasteiger charge is -2.09. The fourth-order valence-corrected chi connectivity index (χ4v) is 2.34. The summed E-state index contributed by atoms with van der Waals surface area (Å²) in [6.45, 7) is 3.63. The van der Waals surface area contributed by atoms with Crippen molar-refractivity contribution in [2.75, 3.05) is 0 Å². The Morgan fingerprint density at radius 3 is 2.45 bits per heavy atom. The highest BCUT2D eigenvalue weighted by atomic mass is 35.5. The zero-order chi connectivity index (χ0) is 14.7. The Kier molecular flexibility index (Phi) is 4.35. The van der Waals surface area contributed by atoms with E-state index in [0.717, 1.165) is 17.0 Å². The number of hydrogen-bond acceptors (Lipinski definition) is 3. The Hall–Kier alpha value is -1.94. The number of halogens is 1. The minimum absolute atomic E-state index is 0.0465. The first kappa shape index (κ1) is 14.5. The molecular weight excluding hydrogens is 276 g/mol. The van der Waals surface area contributed by atoms with Crippen LogP contribution in [0.25, 0.3) is 0 Å². The summed E-state index contributed by atoms with van der Waals surface area (Å²) in [7, 11) is 0. The molecule has 104 valence electrons. The number of nitrogens with zero attached hydrogens (tertiary/aromatic N) is 2. The van der Waals surface area contributed by atoms with E-state index < -0.39 is 5.97 Å². The molecule has 0 fully saturated rings. The number of hydrogen-bond donors (Lipinski definition) is 1. The van der Waals surface area contributed by atoms with Gasteiger partial charge in [-0.1, -0.05) is 23.7 Å². The van der Waals surface area contributed by atoms with Crippen LogP contribution in [0, 0.1) is 13.8 Å². The smallest absolute Gasteiger partial charge is 0.307 e. The van der Waals surface area contributed by atoms with Crippen molar-refractivity contribution >= 4 is 17.6 Å². The fourth-order valence-electron chi connectivity index (χ4n) is 2.12. The molecule has 0 aliphatic rings. The highest BCUT2D eigenvalue weighted by molar-refractivity contribution is 6.30. The Balaban J connectivity index is 2.28. The lowest BCUT2D eigenvalue weighted by molar-refractivity contribution is -0.136. The van der Waals surface area contributed by atoms with Crippen LogP contribution in [-0.4, -0.2) is 21.0 Å². The Labute approximate surface area is 122 Å². The van der Waals surface area contributed by atoms with Gasteiger partial charge in [-0.3, -0.25) is 4.79 Å². The highest BCUT2D eigenvalue weighted by Crippen LogP contribution is 2.16. The maximum Gasteiger partial charge on any atom is 0.307 e. The van der Waals surface area contributed by atoms with E-state index in [4.69, 9.17) is 16.7 Å². The molecule has 0 bridgehead atoms. The second kappa shape index (κ2) is 6.01. The van der Waals surface area contributed by atoms with Crippen molar-refractivity contribution in [3.63, 3.8) is 0 Å². The van der Waals surface area contributed by atoms with Crippen molar-refractivity contribution in [1.29, 1.82) is 0 Å². The van der Waals surface area contributed by atoms with Crippen LogP contribution in [0.2, 0.25) is 5.02 Å². The van der Waals surface area contributed by atoms with Crippen LogP contribution >= 0.6 is 11.6 Å².